The number of carbonyl (C=O) groups is 1. The topological polar surface area (TPSA) is 60.2 Å². The summed E-state index contributed by atoms with van der Waals surface area (Å²) in [6.45, 7) is 0.484. The molecule has 1 amide bonds. The first-order chi connectivity index (χ1) is 13.5. The monoisotopic (exact) mass is 416 g/mol. The zero-order valence-corrected chi connectivity index (χ0v) is 17.5. The zero-order valence-electron chi connectivity index (χ0n) is 15.9. The number of benzene rings is 2. The second-order valence-corrected chi connectivity index (χ2v) is 7.60. The second-order valence-electron chi connectivity index (χ2n) is 6.22. The van der Waals surface area contributed by atoms with Crippen LogP contribution >= 0.6 is 23.4 Å². The highest BCUT2D eigenvalue weighted by atomic mass is 35.5. The van der Waals surface area contributed by atoms with Crippen molar-refractivity contribution in [2.24, 2.45) is 7.05 Å². The third-order valence-electron chi connectivity index (χ3n) is 4.29. The molecule has 0 aliphatic rings. The third-order valence-corrected chi connectivity index (χ3v) is 5.54. The Labute approximate surface area is 173 Å². The molecule has 0 unspecified atom stereocenters. The molecule has 1 aromatic heterocycles. The van der Waals surface area contributed by atoms with Gasteiger partial charge in [-0.25, -0.2) is 0 Å². The van der Waals surface area contributed by atoms with E-state index in [1.807, 2.05) is 60.1 Å². The Bertz CT molecular complexity index is 959. The molecule has 3 rings (SSSR count). The van der Waals surface area contributed by atoms with Crippen LogP contribution in [0.2, 0.25) is 5.02 Å². The van der Waals surface area contributed by atoms with Crippen molar-refractivity contribution in [2.75, 3.05) is 19.9 Å². The van der Waals surface area contributed by atoms with Crippen LogP contribution in [-0.2, 0) is 18.4 Å². The standard InChI is InChI=1S/C20H21ClN4O2S/c1-24(12-15-6-4-5-7-17(15)27-3)18(26)13-28-20-23-22-19(25(20)2)14-8-10-16(21)11-9-14/h4-11H,12-13H2,1-3H3. The molecule has 0 aliphatic carbocycles. The van der Waals surface area contributed by atoms with Crippen LogP contribution < -0.4 is 4.74 Å². The van der Waals surface area contributed by atoms with E-state index in [-0.39, 0.29) is 11.7 Å². The van der Waals surface area contributed by atoms with Crippen molar-refractivity contribution in [2.45, 2.75) is 11.7 Å². The first kappa shape index (κ1) is 20.2. The minimum Gasteiger partial charge on any atom is -0.496 e. The average molecular weight is 417 g/mol. The summed E-state index contributed by atoms with van der Waals surface area (Å²) < 4.78 is 7.23. The molecule has 0 bridgehead atoms. The number of amides is 1. The highest BCUT2D eigenvalue weighted by Crippen LogP contribution is 2.24. The van der Waals surface area contributed by atoms with Gasteiger partial charge in [0.15, 0.2) is 11.0 Å². The fraction of sp³-hybridized carbons (Fsp3) is 0.250. The number of thioether (sulfide) groups is 1. The molecular weight excluding hydrogens is 396 g/mol. The van der Waals surface area contributed by atoms with Crippen LogP contribution in [-0.4, -0.2) is 45.5 Å². The number of methoxy groups -OCH3 is 1. The molecule has 0 spiro atoms. The maximum atomic E-state index is 12.5. The van der Waals surface area contributed by atoms with E-state index < -0.39 is 0 Å². The number of hydrogen-bond acceptors (Lipinski definition) is 5. The summed E-state index contributed by atoms with van der Waals surface area (Å²) in [7, 11) is 5.29. The number of carbonyl (C=O) groups excluding carboxylic acids is 1. The van der Waals surface area contributed by atoms with Gasteiger partial charge in [0, 0.05) is 36.8 Å². The number of ether oxygens (including phenoxy) is 1. The summed E-state index contributed by atoms with van der Waals surface area (Å²) in [5, 5.41) is 9.80. The van der Waals surface area contributed by atoms with Gasteiger partial charge in [-0.05, 0) is 30.3 Å². The van der Waals surface area contributed by atoms with Gasteiger partial charge < -0.3 is 14.2 Å². The molecule has 6 nitrogen and oxygen atoms in total. The van der Waals surface area contributed by atoms with Crippen LogP contribution in [0.25, 0.3) is 11.4 Å². The molecule has 0 saturated heterocycles. The molecule has 0 atom stereocenters. The van der Waals surface area contributed by atoms with Gasteiger partial charge in [-0.2, -0.15) is 0 Å². The van der Waals surface area contributed by atoms with Crippen LogP contribution in [0.5, 0.6) is 5.75 Å². The second kappa shape index (κ2) is 9.12. The van der Waals surface area contributed by atoms with Crippen molar-refractivity contribution in [1.29, 1.82) is 0 Å². The van der Waals surface area contributed by atoms with Gasteiger partial charge in [0.25, 0.3) is 0 Å². The van der Waals surface area contributed by atoms with Crippen LogP contribution in [0.3, 0.4) is 0 Å². The van der Waals surface area contributed by atoms with Gasteiger partial charge in [-0.3, -0.25) is 4.79 Å². The molecule has 0 aliphatic heterocycles. The van der Waals surface area contributed by atoms with E-state index in [0.717, 1.165) is 22.7 Å². The summed E-state index contributed by atoms with van der Waals surface area (Å²) in [5.74, 6) is 1.79. The van der Waals surface area contributed by atoms with Crippen molar-refractivity contribution < 1.29 is 9.53 Å². The van der Waals surface area contributed by atoms with Crippen molar-refractivity contribution in [3.8, 4) is 17.1 Å². The molecule has 3 aromatic rings. The highest BCUT2D eigenvalue weighted by Gasteiger charge is 2.16. The Balaban J connectivity index is 1.62. The first-order valence-electron chi connectivity index (χ1n) is 8.63. The van der Waals surface area contributed by atoms with E-state index in [2.05, 4.69) is 10.2 Å². The number of para-hydroxylation sites is 1. The summed E-state index contributed by atoms with van der Waals surface area (Å²) in [5.41, 5.74) is 1.89. The van der Waals surface area contributed by atoms with E-state index >= 15 is 0 Å². The largest absolute Gasteiger partial charge is 0.496 e. The minimum absolute atomic E-state index is 0.00643. The highest BCUT2D eigenvalue weighted by molar-refractivity contribution is 7.99. The molecular formula is C20H21ClN4O2S. The predicted molar refractivity (Wildman–Crippen MR) is 112 cm³/mol. The van der Waals surface area contributed by atoms with E-state index in [1.165, 1.54) is 11.8 Å². The molecule has 0 N–H and O–H groups in total. The maximum Gasteiger partial charge on any atom is 0.233 e. The Hall–Kier alpha value is -2.51. The van der Waals surface area contributed by atoms with Crippen LogP contribution in [0, 0.1) is 0 Å². The summed E-state index contributed by atoms with van der Waals surface area (Å²) in [4.78, 5) is 14.2. The molecule has 8 heteroatoms. The van der Waals surface area contributed by atoms with Gasteiger partial charge in [0.05, 0.1) is 12.9 Å². The molecule has 0 fully saturated rings. The first-order valence-corrected chi connectivity index (χ1v) is 10.00. The van der Waals surface area contributed by atoms with E-state index in [4.69, 9.17) is 16.3 Å². The predicted octanol–water partition coefficient (Wildman–Crippen LogP) is 3.89. The van der Waals surface area contributed by atoms with Gasteiger partial charge in [0.2, 0.25) is 5.91 Å². The summed E-state index contributed by atoms with van der Waals surface area (Å²) in [6, 6.07) is 15.1. The van der Waals surface area contributed by atoms with Crippen LogP contribution in [0.15, 0.2) is 53.7 Å². The number of nitrogens with zero attached hydrogens (tertiary/aromatic N) is 4. The molecule has 2 aromatic carbocycles. The smallest absolute Gasteiger partial charge is 0.233 e. The van der Waals surface area contributed by atoms with E-state index in [1.54, 1.807) is 19.1 Å². The Morgan fingerprint density at radius 3 is 2.61 bits per heavy atom. The lowest BCUT2D eigenvalue weighted by Gasteiger charge is -2.18. The SMILES string of the molecule is COc1ccccc1CN(C)C(=O)CSc1nnc(-c2ccc(Cl)cc2)n1C. The number of rotatable bonds is 7. The van der Waals surface area contributed by atoms with E-state index in [0.29, 0.717) is 16.7 Å². The van der Waals surface area contributed by atoms with Crippen molar-refractivity contribution in [1.82, 2.24) is 19.7 Å². The Morgan fingerprint density at radius 2 is 1.89 bits per heavy atom. The van der Waals surface area contributed by atoms with Gasteiger partial charge in [0.1, 0.15) is 5.75 Å². The van der Waals surface area contributed by atoms with Crippen molar-refractivity contribution >= 4 is 29.3 Å². The van der Waals surface area contributed by atoms with Crippen molar-refractivity contribution in [3.63, 3.8) is 0 Å². The molecule has 0 saturated carbocycles. The Morgan fingerprint density at radius 1 is 1.18 bits per heavy atom. The summed E-state index contributed by atoms with van der Waals surface area (Å²) in [6.07, 6.45) is 0. The maximum absolute atomic E-state index is 12.5. The average Bonchev–Trinajstić information content (AvgIpc) is 3.07. The zero-order chi connectivity index (χ0) is 20.1. The van der Waals surface area contributed by atoms with Crippen LogP contribution in [0.1, 0.15) is 5.56 Å². The van der Waals surface area contributed by atoms with Gasteiger partial charge in [-0.1, -0.05) is 41.6 Å². The molecule has 1 heterocycles. The third kappa shape index (κ3) is 4.66. The number of aromatic nitrogens is 3. The lowest BCUT2D eigenvalue weighted by Crippen LogP contribution is -2.28. The minimum atomic E-state index is 0.00643. The van der Waals surface area contributed by atoms with Gasteiger partial charge >= 0.3 is 0 Å². The summed E-state index contributed by atoms with van der Waals surface area (Å²) >= 11 is 7.30. The van der Waals surface area contributed by atoms with E-state index in [9.17, 15) is 4.79 Å². The lowest BCUT2D eigenvalue weighted by molar-refractivity contribution is -0.127. The van der Waals surface area contributed by atoms with Crippen molar-refractivity contribution in [3.05, 3.63) is 59.1 Å². The molecule has 28 heavy (non-hydrogen) atoms. The number of halogens is 1. The van der Waals surface area contributed by atoms with Crippen LogP contribution in [0.4, 0.5) is 0 Å². The lowest BCUT2D eigenvalue weighted by atomic mass is 10.2. The fourth-order valence-electron chi connectivity index (χ4n) is 2.70. The van der Waals surface area contributed by atoms with Gasteiger partial charge in [-0.15, -0.1) is 10.2 Å². The normalized spacial score (nSPS) is 10.7. The Kier molecular flexibility index (Phi) is 6.59. The fourth-order valence-corrected chi connectivity index (χ4v) is 3.68. The number of hydrogen-bond donors (Lipinski definition) is 0. The molecule has 0 radical (unpaired) electrons. The molecule has 146 valence electrons. The quantitative estimate of drug-likeness (QED) is 0.547.